The van der Waals surface area contributed by atoms with E-state index in [4.69, 9.17) is 15.7 Å². The van der Waals surface area contributed by atoms with Crippen molar-refractivity contribution < 1.29 is 13.9 Å². The Morgan fingerprint density at radius 1 is 1.50 bits per heavy atom. The van der Waals surface area contributed by atoms with Gasteiger partial charge in [-0.15, -0.1) is 0 Å². The minimum Gasteiger partial charge on any atom is -0.444 e. The van der Waals surface area contributed by atoms with E-state index in [0.717, 1.165) is 0 Å². The number of halogens is 1. The summed E-state index contributed by atoms with van der Waals surface area (Å²) in [6, 6.07) is 4.65. The zero-order valence-corrected chi connectivity index (χ0v) is 12.0. The summed E-state index contributed by atoms with van der Waals surface area (Å²) >= 11 is 0. The highest BCUT2D eigenvalue weighted by Gasteiger charge is 2.21. The first-order valence-corrected chi connectivity index (χ1v) is 6.09. The molecule has 0 spiro atoms. The standard InChI is InChI=1S/C14H18FN3O2/c1-8-5-9(7-16)11(15)10(6-8)12(17)18-13(19)20-14(2,3)4/h5-6,12H,17H2,1-4H3,(H,18,19)/t12-/m0/s1. The Bertz CT molecular complexity index is 559. The second kappa shape index (κ2) is 5.88. The number of ether oxygens (including phenoxy) is 1. The summed E-state index contributed by atoms with van der Waals surface area (Å²) in [5, 5.41) is 11.2. The van der Waals surface area contributed by atoms with E-state index in [1.54, 1.807) is 33.8 Å². The van der Waals surface area contributed by atoms with Crippen molar-refractivity contribution in [2.24, 2.45) is 5.73 Å². The number of nitrogens with two attached hydrogens (primary N) is 1. The monoisotopic (exact) mass is 279 g/mol. The quantitative estimate of drug-likeness (QED) is 0.814. The number of carbonyl (C=O) groups excluding carboxylic acids is 1. The fraction of sp³-hybridized carbons (Fsp3) is 0.429. The van der Waals surface area contributed by atoms with Crippen LogP contribution in [0.25, 0.3) is 0 Å². The van der Waals surface area contributed by atoms with Gasteiger partial charge in [-0.2, -0.15) is 5.26 Å². The van der Waals surface area contributed by atoms with Crippen LogP contribution in [0, 0.1) is 24.1 Å². The molecule has 0 aromatic heterocycles. The molecule has 0 saturated heterocycles. The molecule has 1 amide bonds. The van der Waals surface area contributed by atoms with E-state index >= 15 is 0 Å². The van der Waals surface area contributed by atoms with Crippen LogP contribution in [-0.4, -0.2) is 11.7 Å². The zero-order chi connectivity index (χ0) is 15.5. The maximum Gasteiger partial charge on any atom is 0.409 e. The summed E-state index contributed by atoms with van der Waals surface area (Å²) in [5.41, 5.74) is 5.69. The van der Waals surface area contributed by atoms with Crippen LogP contribution in [0.5, 0.6) is 0 Å². The molecule has 0 unspecified atom stereocenters. The number of carbonyl (C=O) groups is 1. The predicted octanol–water partition coefficient (Wildman–Crippen LogP) is 2.49. The first kappa shape index (κ1) is 15.9. The van der Waals surface area contributed by atoms with Crippen molar-refractivity contribution in [2.45, 2.75) is 39.5 Å². The van der Waals surface area contributed by atoms with E-state index in [1.165, 1.54) is 12.1 Å². The lowest BCUT2D eigenvalue weighted by atomic mass is 10.0. The third kappa shape index (κ3) is 4.21. The highest BCUT2D eigenvalue weighted by atomic mass is 19.1. The van der Waals surface area contributed by atoms with Crippen molar-refractivity contribution in [1.82, 2.24) is 5.32 Å². The molecule has 0 aliphatic carbocycles. The lowest BCUT2D eigenvalue weighted by molar-refractivity contribution is 0.0504. The molecule has 1 rings (SSSR count). The molecule has 0 aliphatic rings. The van der Waals surface area contributed by atoms with Crippen LogP contribution in [0.1, 0.15) is 43.6 Å². The number of alkyl carbamates (subject to hydrolysis) is 1. The molecule has 0 radical (unpaired) electrons. The number of nitrogens with zero attached hydrogens (tertiary/aromatic N) is 1. The number of nitriles is 1. The van der Waals surface area contributed by atoms with Crippen molar-refractivity contribution in [2.75, 3.05) is 0 Å². The molecule has 0 bridgehead atoms. The van der Waals surface area contributed by atoms with Gasteiger partial charge in [0.25, 0.3) is 0 Å². The molecule has 20 heavy (non-hydrogen) atoms. The molecular formula is C14H18FN3O2. The number of nitrogens with one attached hydrogen (secondary N) is 1. The molecule has 0 saturated carbocycles. The summed E-state index contributed by atoms with van der Waals surface area (Å²) in [5.74, 6) is -0.735. The Morgan fingerprint density at radius 2 is 2.10 bits per heavy atom. The van der Waals surface area contributed by atoms with Crippen LogP contribution in [0.4, 0.5) is 9.18 Å². The summed E-state index contributed by atoms with van der Waals surface area (Å²) in [4.78, 5) is 11.6. The molecule has 108 valence electrons. The number of benzene rings is 1. The number of hydrogen-bond donors (Lipinski definition) is 2. The van der Waals surface area contributed by atoms with Gasteiger partial charge >= 0.3 is 6.09 Å². The van der Waals surface area contributed by atoms with Gasteiger partial charge in [0.2, 0.25) is 0 Å². The van der Waals surface area contributed by atoms with E-state index in [9.17, 15) is 9.18 Å². The Kier molecular flexibility index (Phi) is 4.69. The molecule has 3 N–H and O–H groups in total. The molecule has 0 aliphatic heterocycles. The highest BCUT2D eigenvalue weighted by molar-refractivity contribution is 5.68. The van der Waals surface area contributed by atoms with Crippen molar-refractivity contribution in [3.05, 3.63) is 34.6 Å². The molecular weight excluding hydrogens is 261 g/mol. The minimum absolute atomic E-state index is 0.0485. The molecule has 1 aromatic rings. The molecule has 6 heteroatoms. The molecule has 1 aromatic carbocycles. The maximum atomic E-state index is 14.0. The third-order valence-electron chi connectivity index (χ3n) is 2.37. The third-order valence-corrected chi connectivity index (χ3v) is 2.37. The van der Waals surface area contributed by atoms with E-state index in [0.29, 0.717) is 5.56 Å². The molecule has 0 heterocycles. The maximum absolute atomic E-state index is 14.0. The van der Waals surface area contributed by atoms with Crippen LogP contribution < -0.4 is 11.1 Å². The van der Waals surface area contributed by atoms with Gasteiger partial charge in [0.1, 0.15) is 23.7 Å². The first-order chi connectivity index (χ1) is 9.14. The fourth-order valence-corrected chi connectivity index (χ4v) is 1.62. The van der Waals surface area contributed by atoms with Crippen LogP contribution in [0.3, 0.4) is 0 Å². The lowest BCUT2D eigenvalue weighted by Crippen LogP contribution is -2.38. The Labute approximate surface area is 117 Å². The van der Waals surface area contributed by atoms with Gasteiger partial charge in [0.05, 0.1) is 5.56 Å². The summed E-state index contributed by atoms with van der Waals surface area (Å²) in [6.07, 6.45) is -1.83. The van der Waals surface area contributed by atoms with E-state index in [1.807, 2.05) is 0 Å². The van der Waals surface area contributed by atoms with Crippen molar-refractivity contribution in [1.29, 1.82) is 5.26 Å². The second-order valence-corrected chi connectivity index (χ2v) is 5.45. The number of amides is 1. The average Bonchev–Trinajstić information content (AvgIpc) is 2.28. The van der Waals surface area contributed by atoms with Gasteiger partial charge in [-0.3, -0.25) is 0 Å². The first-order valence-electron chi connectivity index (χ1n) is 6.09. The SMILES string of the molecule is Cc1cc(C#N)c(F)c([C@@H](N)NC(=O)OC(C)(C)C)c1. The summed E-state index contributed by atoms with van der Waals surface area (Å²) in [6.45, 7) is 6.83. The van der Waals surface area contributed by atoms with E-state index in [-0.39, 0.29) is 11.1 Å². The number of rotatable bonds is 2. The Balaban J connectivity index is 2.94. The Morgan fingerprint density at radius 3 is 2.60 bits per heavy atom. The van der Waals surface area contributed by atoms with Crippen LogP contribution >= 0.6 is 0 Å². The average molecular weight is 279 g/mol. The summed E-state index contributed by atoms with van der Waals surface area (Å²) < 4.78 is 19.0. The van der Waals surface area contributed by atoms with Crippen LogP contribution in [0.15, 0.2) is 12.1 Å². The van der Waals surface area contributed by atoms with Gasteiger partial charge in [-0.1, -0.05) is 0 Å². The van der Waals surface area contributed by atoms with Crippen molar-refractivity contribution in [3.8, 4) is 6.07 Å². The van der Waals surface area contributed by atoms with Gasteiger partial charge in [0, 0.05) is 5.56 Å². The molecule has 1 atom stereocenters. The molecule has 0 fully saturated rings. The number of aryl methyl sites for hydroxylation is 1. The second-order valence-electron chi connectivity index (χ2n) is 5.45. The van der Waals surface area contributed by atoms with Crippen LogP contribution in [-0.2, 0) is 4.74 Å². The van der Waals surface area contributed by atoms with E-state index < -0.39 is 23.7 Å². The predicted molar refractivity (Wildman–Crippen MR) is 72.2 cm³/mol. The van der Waals surface area contributed by atoms with Gasteiger partial charge in [0.15, 0.2) is 0 Å². The zero-order valence-electron chi connectivity index (χ0n) is 12.0. The normalized spacial score (nSPS) is 12.4. The Hall–Kier alpha value is -2.13. The highest BCUT2D eigenvalue weighted by Crippen LogP contribution is 2.19. The van der Waals surface area contributed by atoms with E-state index in [2.05, 4.69) is 5.32 Å². The smallest absolute Gasteiger partial charge is 0.409 e. The number of hydrogen-bond acceptors (Lipinski definition) is 4. The summed E-state index contributed by atoms with van der Waals surface area (Å²) in [7, 11) is 0. The van der Waals surface area contributed by atoms with Gasteiger partial charge in [-0.25, -0.2) is 9.18 Å². The van der Waals surface area contributed by atoms with Crippen molar-refractivity contribution in [3.63, 3.8) is 0 Å². The lowest BCUT2D eigenvalue weighted by Gasteiger charge is -2.22. The van der Waals surface area contributed by atoms with Gasteiger partial charge < -0.3 is 15.8 Å². The topological polar surface area (TPSA) is 88.1 Å². The van der Waals surface area contributed by atoms with Gasteiger partial charge in [-0.05, 0) is 45.4 Å². The fourth-order valence-electron chi connectivity index (χ4n) is 1.62. The largest absolute Gasteiger partial charge is 0.444 e. The van der Waals surface area contributed by atoms with Crippen LogP contribution in [0.2, 0.25) is 0 Å². The van der Waals surface area contributed by atoms with Crippen molar-refractivity contribution >= 4 is 6.09 Å². The molecule has 5 nitrogen and oxygen atoms in total. The minimum atomic E-state index is -1.09.